The molecular formula is C15H17NO2S2. The molecule has 0 radical (unpaired) electrons. The number of carbonyl (C=O) groups is 1. The highest BCUT2D eigenvalue weighted by Gasteiger charge is 2.04. The number of aliphatic carboxylic acids is 1. The van der Waals surface area contributed by atoms with Crippen molar-refractivity contribution in [2.45, 2.75) is 17.9 Å². The van der Waals surface area contributed by atoms with Crippen molar-refractivity contribution < 1.29 is 9.90 Å². The third-order valence-electron chi connectivity index (χ3n) is 2.63. The molecule has 2 rings (SSSR count). The van der Waals surface area contributed by atoms with Gasteiger partial charge >= 0.3 is 5.97 Å². The lowest BCUT2D eigenvalue weighted by atomic mass is 10.3. The monoisotopic (exact) mass is 307 g/mol. The average molecular weight is 307 g/mol. The minimum atomic E-state index is -0.773. The number of hydrogen-bond acceptors (Lipinski definition) is 4. The van der Waals surface area contributed by atoms with Crippen LogP contribution in [0.5, 0.6) is 0 Å². The van der Waals surface area contributed by atoms with Crippen molar-refractivity contribution >= 4 is 29.1 Å². The molecule has 0 saturated carbocycles. The molecule has 1 heterocycles. The van der Waals surface area contributed by atoms with Crippen LogP contribution in [0.4, 0.5) is 0 Å². The predicted octanol–water partition coefficient (Wildman–Crippen LogP) is 3.26. The van der Waals surface area contributed by atoms with Crippen molar-refractivity contribution in [3.8, 4) is 0 Å². The first kappa shape index (κ1) is 15.1. The van der Waals surface area contributed by atoms with Crippen molar-refractivity contribution in [3.05, 3.63) is 52.2 Å². The molecule has 0 atom stereocenters. The highest BCUT2D eigenvalue weighted by molar-refractivity contribution is 7.99. The third kappa shape index (κ3) is 5.36. The molecule has 0 aliphatic heterocycles. The molecule has 2 N–H and O–H groups in total. The van der Waals surface area contributed by atoms with E-state index in [9.17, 15) is 4.79 Å². The van der Waals surface area contributed by atoms with Crippen LogP contribution in [0.25, 0.3) is 0 Å². The number of carboxylic acids is 1. The van der Waals surface area contributed by atoms with Crippen LogP contribution in [0.2, 0.25) is 0 Å². The topological polar surface area (TPSA) is 49.3 Å². The van der Waals surface area contributed by atoms with Gasteiger partial charge in [0.2, 0.25) is 0 Å². The molecule has 2 aromatic rings. The van der Waals surface area contributed by atoms with Gasteiger partial charge in [-0.2, -0.15) is 0 Å². The van der Waals surface area contributed by atoms with Gasteiger partial charge in [0.05, 0.1) is 6.42 Å². The second kappa shape index (κ2) is 8.09. The number of carboxylic acid groups (broad SMARTS) is 1. The van der Waals surface area contributed by atoms with E-state index in [0.717, 1.165) is 23.7 Å². The molecule has 0 aliphatic carbocycles. The van der Waals surface area contributed by atoms with E-state index >= 15 is 0 Å². The normalized spacial score (nSPS) is 10.6. The fraction of sp³-hybridized carbons (Fsp3) is 0.267. The Hall–Kier alpha value is -1.30. The minimum absolute atomic E-state index is 0.120. The first-order chi connectivity index (χ1) is 9.74. The highest BCUT2D eigenvalue weighted by Crippen LogP contribution is 2.18. The smallest absolute Gasteiger partial charge is 0.308 e. The molecule has 0 amide bonds. The summed E-state index contributed by atoms with van der Waals surface area (Å²) in [6.45, 7) is 1.74. The molecule has 5 heteroatoms. The Morgan fingerprint density at radius 1 is 1.15 bits per heavy atom. The molecule has 0 fully saturated rings. The fourth-order valence-corrected chi connectivity index (χ4v) is 3.54. The number of thioether (sulfide) groups is 1. The molecule has 3 nitrogen and oxygen atoms in total. The number of hydrogen-bond donors (Lipinski definition) is 2. The van der Waals surface area contributed by atoms with Gasteiger partial charge in [0.15, 0.2) is 0 Å². The third-order valence-corrected chi connectivity index (χ3v) is 4.73. The maximum Gasteiger partial charge on any atom is 0.308 e. The Bertz CT molecular complexity index is 540. The molecule has 106 valence electrons. The zero-order valence-electron chi connectivity index (χ0n) is 11.0. The highest BCUT2D eigenvalue weighted by atomic mass is 32.2. The van der Waals surface area contributed by atoms with E-state index in [0.29, 0.717) is 0 Å². The fourth-order valence-electron chi connectivity index (χ4n) is 1.73. The Morgan fingerprint density at radius 2 is 1.90 bits per heavy atom. The number of thiophene rings is 1. The average Bonchev–Trinajstić information content (AvgIpc) is 2.86. The molecule has 0 saturated heterocycles. The maximum absolute atomic E-state index is 10.6. The van der Waals surface area contributed by atoms with Gasteiger partial charge in [-0.3, -0.25) is 4.79 Å². The molecule has 0 unspecified atom stereocenters. The first-order valence-electron chi connectivity index (χ1n) is 6.42. The van der Waals surface area contributed by atoms with Gasteiger partial charge in [-0.25, -0.2) is 0 Å². The first-order valence-corrected chi connectivity index (χ1v) is 8.22. The zero-order valence-corrected chi connectivity index (χ0v) is 12.7. The van der Waals surface area contributed by atoms with Crippen LogP contribution >= 0.6 is 23.1 Å². The zero-order chi connectivity index (χ0) is 14.2. The molecule has 1 aromatic carbocycles. The maximum atomic E-state index is 10.6. The SMILES string of the molecule is O=C(O)Cc1ccc(CNCCSc2ccccc2)s1. The van der Waals surface area contributed by atoms with E-state index in [2.05, 4.69) is 17.4 Å². The summed E-state index contributed by atoms with van der Waals surface area (Å²) >= 11 is 3.40. The van der Waals surface area contributed by atoms with E-state index in [1.807, 2.05) is 42.1 Å². The summed E-state index contributed by atoms with van der Waals surface area (Å²) in [6, 6.07) is 14.2. The summed E-state index contributed by atoms with van der Waals surface area (Å²) in [4.78, 5) is 14.0. The van der Waals surface area contributed by atoms with Crippen LogP contribution in [0.15, 0.2) is 47.4 Å². The molecule has 1 aromatic heterocycles. The van der Waals surface area contributed by atoms with Crippen molar-refractivity contribution in [1.82, 2.24) is 5.32 Å². The standard InChI is InChI=1S/C15H17NO2S2/c17-15(18)10-13-6-7-14(20-13)11-16-8-9-19-12-4-2-1-3-5-12/h1-7,16H,8-11H2,(H,17,18). The van der Waals surface area contributed by atoms with Crippen LogP contribution < -0.4 is 5.32 Å². The Morgan fingerprint density at radius 3 is 2.65 bits per heavy atom. The lowest BCUT2D eigenvalue weighted by Crippen LogP contribution is -2.15. The summed E-state index contributed by atoms with van der Waals surface area (Å²) in [5, 5.41) is 12.1. The van der Waals surface area contributed by atoms with Gasteiger partial charge in [0, 0.05) is 33.5 Å². The summed E-state index contributed by atoms with van der Waals surface area (Å²) in [7, 11) is 0. The summed E-state index contributed by atoms with van der Waals surface area (Å²) in [5.41, 5.74) is 0. The molecular weight excluding hydrogens is 290 g/mol. The van der Waals surface area contributed by atoms with Crippen LogP contribution in [-0.4, -0.2) is 23.4 Å². The van der Waals surface area contributed by atoms with Crippen molar-refractivity contribution in [2.75, 3.05) is 12.3 Å². The van der Waals surface area contributed by atoms with Crippen LogP contribution in [-0.2, 0) is 17.8 Å². The van der Waals surface area contributed by atoms with Crippen LogP contribution in [0, 0.1) is 0 Å². The predicted molar refractivity (Wildman–Crippen MR) is 84.5 cm³/mol. The Balaban J connectivity index is 1.63. The molecule has 0 spiro atoms. The van der Waals surface area contributed by atoms with E-state index < -0.39 is 5.97 Å². The number of nitrogens with one attached hydrogen (secondary N) is 1. The van der Waals surface area contributed by atoms with E-state index in [1.54, 1.807) is 11.3 Å². The molecule has 0 bridgehead atoms. The van der Waals surface area contributed by atoms with Crippen molar-refractivity contribution in [1.29, 1.82) is 0 Å². The van der Waals surface area contributed by atoms with Crippen LogP contribution in [0.3, 0.4) is 0 Å². The Labute approximate surface area is 127 Å². The van der Waals surface area contributed by atoms with Crippen LogP contribution in [0.1, 0.15) is 9.75 Å². The Kier molecular flexibility index (Phi) is 6.11. The van der Waals surface area contributed by atoms with Gasteiger partial charge in [0.1, 0.15) is 0 Å². The largest absolute Gasteiger partial charge is 0.481 e. The minimum Gasteiger partial charge on any atom is -0.481 e. The van der Waals surface area contributed by atoms with E-state index in [4.69, 9.17) is 5.11 Å². The van der Waals surface area contributed by atoms with Crippen molar-refractivity contribution in [3.63, 3.8) is 0 Å². The summed E-state index contributed by atoms with van der Waals surface area (Å²) in [5.74, 6) is 0.253. The van der Waals surface area contributed by atoms with E-state index in [-0.39, 0.29) is 6.42 Å². The second-order valence-electron chi connectivity index (χ2n) is 4.28. The molecule has 0 aliphatic rings. The van der Waals surface area contributed by atoms with Gasteiger partial charge in [-0.05, 0) is 24.3 Å². The lowest BCUT2D eigenvalue weighted by molar-refractivity contribution is -0.136. The second-order valence-corrected chi connectivity index (χ2v) is 6.70. The summed E-state index contributed by atoms with van der Waals surface area (Å²) < 4.78 is 0. The van der Waals surface area contributed by atoms with Gasteiger partial charge < -0.3 is 10.4 Å². The number of rotatable bonds is 8. The lowest BCUT2D eigenvalue weighted by Gasteiger charge is -2.03. The van der Waals surface area contributed by atoms with Gasteiger partial charge in [0.25, 0.3) is 0 Å². The number of benzene rings is 1. The molecule has 20 heavy (non-hydrogen) atoms. The quantitative estimate of drug-likeness (QED) is 0.580. The van der Waals surface area contributed by atoms with Gasteiger partial charge in [-0.15, -0.1) is 23.1 Å². The van der Waals surface area contributed by atoms with Gasteiger partial charge in [-0.1, -0.05) is 18.2 Å². The van der Waals surface area contributed by atoms with Crippen molar-refractivity contribution in [2.24, 2.45) is 0 Å². The van der Waals surface area contributed by atoms with E-state index in [1.165, 1.54) is 9.77 Å². The summed E-state index contributed by atoms with van der Waals surface area (Å²) in [6.07, 6.45) is 0.120.